The molecule has 19 heavy (non-hydrogen) atoms. The maximum absolute atomic E-state index is 11.4. The van der Waals surface area contributed by atoms with Crippen LogP contribution in [-0.4, -0.2) is 44.8 Å². The molecule has 0 bridgehead atoms. The molecule has 0 aromatic rings. The molecule has 4 nitrogen and oxygen atoms in total. The minimum atomic E-state index is -1.22. The van der Waals surface area contributed by atoms with Crippen molar-refractivity contribution in [2.24, 2.45) is 11.3 Å². The second-order valence-corrected chi connectivity index (χ2v) is 7.71. The van der Waals surface area contributed by atoms with Gasteiger partial charge >= 0.3 is 0 Å². The molecule has 110 valence electrons. The average molecular weight is 270 g/mol. The van der Waals surface area contributed by atoms with Gasteiger partial charge in [-0.15, -0.1) is 0 Å². The highest BCUT2D eigenvalue weighted by Crippen LogP contribution is 2.64. The Hall–Kier alpha value is -0.160. The fraction of sp³-hybridized carbons (Fsp3) is 1.00. The van der Waals surface area contributed by atoms with Gasteiger partial charge in [-0.3, -0.25) is 0 Å². The van der Waals surface area contributed by atoms with Crippen LogP contribution in [0.1, 0.15) is 52.9 Å². The Morgan fingerprint density at radius 1 is 1.21 bits per heavy atom. The van der Waals surface area contributed by atoms with E-state index in [0.717, 1.165) is 32.1 Å². The second kappa shape index (κ2) is 3.73. The fourth-order valence-electron chi connectivity index (χ4n) is 4.75. The van der Waals surface area contributed by atoms with E-state index in [9.17, 15) is 15.3 Å². The summed E-state index contributed by atoms with van der Waals surface area (Å²) in [7, 11) is 0. The van der Waals surface area contributed by atoms with Crippen molar-refractivity contribution in [1.29, 1.82) is 0 Å². The number of fused-ring (bicyclic) bond motifs is 2. The molecule has 3 rings (SSSR count). The van der Waals surface area contributed by atoms with Crippen LogP contribution < -0.4 is 0 Å². The van der Waals surface area contributed by atoms with Crippen molar-refractivity contribution in [2.45, 2.75) is 75.8 Å². The van der Waals surface area contributed by atoms with Crippen molar-refractivity contribution in [3.63, 3.8) is 0 Å². The van der Waals surface area contributed by atoms with Crippen LogP contribution in [0.15, 0.2) is 0 Å². The molecule has 3 fully saturated rings. The maximum Gasteiger partial charge on any atom is 0.127 e. The topological polar surface area (TPSA) is 73.2 Å². The van der Waals surface area contributed by atoms with Crippen LogP contribution in [0.5, 0.6) is 0 Å². The molecule has 1 heterocycles. The van der Waals surface area contributed by atoms with E-state index in [0.29, 0.717) is 6.61 Å². The van der Waals surface area contributed by atoms with E-state index < -0.39 is 22.9 Å². The van der Waals surface area contributed by atoms with Gasteiger partial charge in [0.05, 0.1) is 18.3 Å². The Morgan fingerprint density at radius 3 is 2.37 bits per heavy atom. The van der Waals surface area contributed by atoms with Crippen LogP contribution in [-0.2, 0) is 4.74 Å². The summed E-state index contributed by atoms with van der Waals surface area (Å²) in [5.74, 6) is -0.301. The van der Waals surface area contributed by atoms with E-state index in [1.54, 1.807) is 13.8 Å². The molecule has 2 aliphatic carbocycles. The summed E-state index contributed by atoms with van der Waals surface area (Å²) in [6, 6.07) is 0. The van der Waals surface area contributed by atoms with Gasteiger partial charge in [0.25, 0.3) is 0 Å². The van der Waals surface area contributed by atoms with Gasteiger partial charge in [-0.1, -0.05) is 6.92 Å². The fourth-order valence-corrected chi connectivity index (χ4v) is 4.75. The molecule has 5 atom stereocenters. The van der Waals surface area contributed by atoms with E-state index in [2.05, 4.69) is 6.92 Å². The lowest BCUT2D eigenvalue weighted by Crippen LogP contribution is -2.72. The molecular formula is C15H26O4. The molecule has 0 aromatic carbocycles. The zero-order chi connectivity index (χ0) is 14.1. The molecule has 4 heteroatoms. The minimum absolute atomic E-state index is 0.301. The monoisotopic (exact) mass is 270 g/mol. The number of hydrogen-bond donors (Lipinski definition) is 3. The van der Waals surface area contributed by atoms with Gasteiger partial charge in [-0.2, -0.15) is 0 Å². The van der Waals surface area contributed by atoms with E-state index >= 15 is 0 Å². The molecule has 0 aromatic heterocycles. The van der Waals surface area contributed by atoms with E-state index in [4.69, 9.17) is 4.74 Å². The van der Waals surface area contributed by atoms with Crippen LogP contribution >= 0.6 is 0 Å². The number of aliphatic hydroxyl groups is 3. The predicted molar refractivity (Wildman–Crippen MR) is 70.6 cm³/mol. The first-order chi connectivity index (χ1) is 8.66. The molecule has 1 spiro atoms. The third-order valence-electron chi connectivity index (χ3n) is 6.14. The quantitative estimate of drug-likeness (QED) is 0.626. The lowest BCUT2D eigenvalue weighted by Gasteiger charge is -2.60. The van der Waals surface area contributed by atoms with Gasteiger partial charge in [0.15, 0.2) is 0 Å². The van der Waals surface area contributed by atoms with Crippen LogP contribution in [0, 0.1) is 11.3 Å². The Bertz CT molecular complexity index is 384. The number of hydrogen-bond acceptors (Lipinski definition) is 4. The maximum atomic E-state index is 11.4. The number of ether oxygens (including phenoxy) is 1. The normalized spacial score (nSPS) is 54.0. The van der Waals surface area contributed by atoms with Gasteiger partial charge in [0.2, 0.25) is 0 Å². The van der Waals surface area contributed by atoms with Gasteiger partial charge in [-0.05, 0) is 46.0 Å². The molecule has 3 N–H and O–H groups in total. The highest BCUT2D eigenvalue weighted by atomic mass is 16.6. The molecule has 0 amide bonds. The standard InChI is InChI=1S/C15H26O4/c1-12(2,17)10-5-8-13(3)6-4-7-14(9-19-14)15(13,18)11(10)16/h10-11,16-18H,4-9H2,1-3H3/t10?,11-,13-,14?,15+/m1/s1. The van der Waals surface area contributed by atoms with Gasteiger partial charge in [-0.25, -0.2) is 0 Å². The van der Waals surface area contributed by atoms with Crippen molar-refractivity contribution in [3.05, 3.63) is 0 Å². The van der Waals surface area contributed by atoms with Crippen LogP contribution in [0.3, 0.4) is 0 Å². The van der Waals surface area contributed by atoms with Crippen LogP contribution in [0.4, 0.5) is 0 Å². The predicted octanol–water partition coefficient (Wildman–Crippen LogP) is 1.22. The molecule has 0 radical (unpaired) electrons. The number of epoxide rings is 1. The number of rotatable bonds is 1. The van der Waals surface area contributed by atoms with Crippen molar-refractivity contribution < 1.29 is 20.1 Å². The minimum Gasteiger partial charge on any atom is -0.390 e. The third kappa shape index (κ3) is 1.60. The first-order valence-electron chi connectivity index (χ1n) is 7.43. The zero-order valence-corrected chi connectivity index (χ0v) is 12.1. The largest absolute Gasteiger partial charge is 0.390 e. The lowest BCUT2D eigenvalue weighted by molar-refractivity contribution is -0.264. The van der Waals surface area contributed by atoms with Crippen molar-refractivity contribution in [3.8, 4) is 0 Å². The summed E-state index contributed by atoms with van der Waals surface area (Å²) >= 11 is 0. The molecular weight excluding hydrogens is 244 g/mol. The average Bonchev–Trinajstić information content (AvgIpc) is 3.04. The van der Waals surface area contributed by atoms with Crippen LogP contribution in [0.25, 0.3) is 0 Å². The third-order valence-corrected chi connectivity index (χ3v) is 6.14. The summed E-state index contributed by atoms with van der Waals surface area (Å²) in [6.07, 6.45) is 3.44. The summed E-state index contributed by atoms with van der Waals surface area (Å²) < 4.78 is 5.61. The van der Waals surface area contributed by atoms with Crippen molar-refractivity contribution in [2.75, 3.05) is 6.61 Å². The van der Waals surface area contributed by atoms with E-state index in [1.807, 2.05) is 0 Å². The Kier molecular flexibility index (Phi) is 2.71. The zero-order valence-electron chi connectivity index (χ0n) is 12.1. The highest BCUT2D eigenvalue weighted by Gasteiger charge is 2.74. The SMILES string of the molecule is CC(C)(O)C1CC[C@@]2(C)CCCC3(CO3)[C@]2(O)[C@@H]1O. The molecule has 1 aliphatic heterocycles. The highest BCUT2D eigenvalue weighted by molar-refractivity contribution is 5.24. The molecule has 2 saturated carbocycles. The Morgan fingerprint density at radius 2 is 1.84 bits per heavy atom. The van der Waals surface area contributed by atoms with Gasteiger partial charge in [0, 0.05) is 11.3 Å². The summed E-state index contributed by atoms with van der Waals surface area (Å²) in [5, 5.41) is 32.4. The summed E-state index contributed by atoms with van der Waals surface area (Å²) in [4.78, 5) is 0. The smallest absolute Gasteiger partial charge is 0.127 e. The van der Waals surface area contributed by atoms with Crippen molar-refractivity contribution in [1.82, 2.24) is 0 Å². The molecule has 1 saturated heterocycles. The molecule has 2 unspecified atom stereocenters. The lowest BCUT2D eigenvalue weighted by atomic mass is 9.49. The summed E-state index contributed by atoms with van der Waals surface area (Å²) in [6.45, 7) is 6.04. The Balaban J connectivity index is 2.02. The van der Waals surface area contributed by atoms with Crippen LogP contribution in [0.2, 0.25) is 0 Å². The van der Waals surface area contributed by atoms with E-state index in [1.165, 1.54) is 0 Å². The first-order valence-corrected chi connectivity index (χ1v) is 7.43. The van der Waals surface area contributed by atoms with E-state index in [-0.39, 0.29) is 11.3 Å². The molecule has 3 aliphatic rings. The van der Waals surface area contributed by atoms with Crippen molar-refractivity contribution >= 4 is 0 Å². The first kappa shape index (κ1) is 13.8. The summed E-state index contributed by atoms with van der Waals surface area (Å²) in [5.41, 5.74) is -3.07. The Labute approximate surface area is 114 Å². The van der Waals surface area contributed by atoms with Gasteiger partial charge in [0.1, 0.15) is 11.2 Å². The van der Waals surface area contributed by atoms with Gasteiger partial charge < -0.3 is 20.1 Å². The second-order valence-electron chi connectivity index (χ2n) is 7.71. The number of aliphatic hydroxyl groups excluding tert-OH is 1.